The molecule has 2 nitrogen and oxygen atoms in total. The molecule has 94 valence electrons. The number of phenols is 1. The molecule has 1 fully saturated rings. The molecule has 0 aromatic heterocycles. The number of aromatic hydroxyl groups is 1. The van der Waals surface area contributed by atoms with E-state index in [1.165, 1.54) is 17.9 Å². The summed E-state index contributed by atoms with van der Waals surface area (Å²) in [6.45, 7) is 1.59. The SMILES string of the molecule is Oc1c(Cl)cc(Cl)cc1CNCC1CCSC1. The van der Waals surface area contributed by atoms with Crippen LogP contribution in [0.1, 0.15) is 12.0 Å². The van der Waals surface area contributed by atoms with Crippen LogP contribution in [-0.2, 0) is 6.54 Å². The van der Waals surface area contributed by atoms with Gasteiger partial charge >= 0.3 is 0 Å². The van der Waals surface area contributed by atoms with Gasteiger partial charge < -0.3 is 10.4 Å². The van der Waals surface area contributed by atoms with Crippen LogP contribution in [0.3, 0.4) is 0 Å². The summed E-state index contributed by atoms with van der Waals surface area (Å²) >= 11 is 13.8. The number of halogens is 2. The maximum Gasteiger partial charge on any atom is 0.138 e. The molecule has 0 amide bonds. The Morgan fingerprint density at radius 3 is 2.94 bits per heavy atom. The molecular formula is C12H15Cl2NOS. The van der Waals surface area contributed by atoms with Crippen LogP contribution in [0, 0.1) is 5.92 Å². The first-order valence-electron chi connectivity index (χ1n) is 5.62. The van der Waals surface area contributed by atoms with Crippen LogP contribution < -0.4 is 5.32 Å². The van der Waals surface area contributed by atoms with Crippen molar-refractivity contribution >= 4 is 35.0 Å². The Morgan fingerprint density at radius 2 is 2.24 bits per heavy atom. The largest absolute Gasteiger partial charge is 0.506 e. The van der Waals surface area contributed by atoms with Crippen molar-refractivity contribution in [1.82, 2.24) is 5.32 Å². The van der Waals surface area contributed by atoms with Crippen molar-refractivity contribution in [3.63, 3.8) is 0 Å². The second-order valence-corrected chi connectivity index (χ2v) is 6.25. The van der Waals surface area contributed by atoms with Gasteiger partial charge in [0.05, 0.1) is 5.02 Å². The Morgan fingerprint density at radius 1 is 1.41 bits per heavy atom. The summed E-state index contributed by atoms with van der Waals surface area (Å²) in [4.78, 5) is 0. The lowest BCUT2D eigenvalue weighted by Gasteiger charge is -2.11. The van der Waals surface area contributed by atoms with Crippen LogP contribution in [0.4, 0.5) is 0 Å². The highest BCUT2D eigenvalue weighted by Gasteiger charge is 2.15. The van der Waals surface area contributed by atoms with Crippen LogP contribution in [0.5, 0.6) is 5.75 Å². The van der Waals surface area contributed by atoms with Crippen molar-refractivity contribution < 1.29 is 5.11 Å². The molecule has 0 radical (unpaired) electrons. The number of nitrogens with one attached hydrogen (secondary N) is 1. The van der Waals surface area contributed by atoms with E-state index in [0.29, 0.717) is 16.6 Å². The van der Waals surface area contributed by atoms with Crippen molar-refractivity contribution in [1.29, 1.82) is 0 Å². The molecule has 1 atom stereocenters. The maximum atomic E-state index is 9.78. The Balaban J connectivity index is 1.89. The van der Waals surface area contributed by atoms with Gasteiger partial charge in [-0.1, -0.05) is 23.2 Å². The normalized spacial score (nSPS) is 19.8. The van der Waals surface area contributed by atoms with Crippen LogP contribution in [0.15, 0.2) is 12.1 Å². The van der Waals surface area contributed by atoms with Gasteiger partial charge in [0.25, 0.3) is 0 Å². The van der Waals surface area contributed by atoms with Crippen LogP contribution in [-0.4, -0.2) is 23.2 Å². The van der Waals surface area contributed by atoms with E-state index in [1.54, 1.807) is 12.1 Å². The zero-order valence-corrected chi connectivity index (χ0v) is 11.7. The lowest BCUT2D eigenvalue weighted by molar-refractivity contribution is 0.459. The molecular weight excluding hydrogens is 277 g/mol. The highest BCUT2D eigenvalue weighted by atomic mass is 35.5. The van der Waals surface area contributed by atoms with Crippen LogP contribution in [0.2, 0.25) is 10.0 Å². The van der Waals surface area contributed by atoms with Gasteiger partial charge in [-0.05, 0) is 42.5 Å². The molecule has 1 aromatic rings. The monoisotopic (exact) mass is 291 g/mol. The van der Waals surface area contributed by atoms with Crippen molar-refractivity contribution in [2.75, 3.05) is 18.1 Å². The first-order chi connectivity index (χ1) is 8.16. The third kappa shape index (κ3) is 3.68. The molecule has 17 heavy (non-hydrogen) atoms. The van der Waals surface area contributed by atoms with Crippen molar-refractivity contribution in [2.45, 2.75) is 13.0 Å². The van der Waals surface area contributed by atoms with Crippen LogP contribution in [0.25, 0.3) is 0 Å². The topological polar surface area (TPSA) is 32.3 Å². The summed E-state index contributed by atoms with van der Waals surface area (Å²) < 4.78 is 0. The molecule has 0 aliphatic carbocycles. The molecule has 1 aromatic carbocycles. The number of benzene rings is 1. The minimum atomic E-state index is 0.129. The number of phenolic OH excluding ortho intramolecular Hbond substituents is 1. The summed E-state index contributed by atoms with van der Waals surface area (Å²) in [6.07, 6.45) is 1.28. The second-order valence-electron chi connectivity index (χ2n) is 4.26. The molecule has 1 saturated heterocycles. The third-order valence-corrected chi connectivity index (χ3v) is 4.62. The number of hydrogen-bond donors (Lipinski definition) is 2. The fourth-order valence-corrected chi connectivity index (χ4v) is 3.73. The molecule has 1 unspecified atom stereocenters. The first-order valence-corrected chi connectivity index (χ1v) is 7.53. The van der Waals surface area contributed by atoms with Gasteiger partial charge in [-0.25, -0.2) is 0 Å². The summed E-state index contributed by atoms with van der Waals surface area (Å²) in [6, 6.07) is 3.30. The van der Waals surface area contributed by atoms with Gasteiger partial charge in [-0.2, -0.15) is 11.8 Å². The van der Waals surface area contributed by atoms with Gasteiger partial charge in [0, 0.05) is 17.1 Å². The summed E-state index contributed by atoms with van der Waals surface area (Å²) in [5.41, 5.74) is 0.758. The summed E-state index contributed by atoms with van der Waals surface area (Å²) in [5, 5.41) is 14.0. The zero-order valence-electron chi connectivity index (χ0n) is 9.38. The highest BCUT2D eigenvalue weighted by molar-refractivity contribution is 7.99. The average Bonchev–Trinajstić information content (AvgIpc) is 2.78. The smallest absolute Gasteiger partial charge is 0.138 e. The van der Waals surface area contributed by atoms with E-state index in [9.17, 15) is 5.11 Å². The fraction of sp³-hybridized carbons (Fsp3) is 0.500. The minimum Gasteiger partial charge on any atom is -0.506 e. The van der Waals surface area contributed by atoms with E-state index >= 15 is 0 Å². The maximum absolute atomic E-state index is 9.78. The van der Waals surface area contributed by atoms with Gasteiger partial charge in [0.15, 0.2) is 0 Å². The quantitative estimate of drug-likeness (QED) is 0.890. The molecule has 1 aliphatic rings. The van der Waals surface area contributed by atoms with E-state index in [-0.39, 0.29) is 5.75 Å². The number of rotatable bonds is 4. The molecule has 1 heterocycles. The van der Waals surface area contributed by atoms with Crippen molar-refractivity contribution in [3.8, 4) is 5.75 Å². The third-order valence-electron chi connectivity index (χ3n) is 2.88. The first kappa shape index (κ1) is 13.3. The van der Waals surface area contributed by atoms with E-state index in [0.717, 1.165) is 18.0 Å². The molecule has 0 bridgehead atoms. The molecule has 1 aliphatic heterocycles. The van der Waals surface area contributed by atoms with Crippen molar-refractivity contribution in [2.24, 2.45) is 5.92 Å². The summed E-state index contributed by atoms with van der Waals surface area (Å²) in [7, 11) is 0. The lowest BCUT2D eigenvalue weighted by atomic mass is 10.1. The minimum absolute atomic E-state index is 0.129. The van der Waals surface area contributed by atoms with E-state index in [2.05, 4.69) is 5.32 Å². The standard InChI is InChI=1S/C12H15Cl2NOS/c13-10-3-9(12(16)11(14)4-10)6-15-5-8-1-2-17-7-8/h3-4,8,15-16H,1-2,5-7H2. The van der Waals surface area contributed by atoms with Gasteiger partial charge in [0.2, 0.25) is 0 Å². The second kappa shape index (κ2) is 6.19. The predicted molar refractivity (Wildman–Crippen MR) is 75.3 cm³/mol. The van der Waals surface area contributed by atoms with E-state index < -0.39 is 0 Å². The Labute approximate surface area is 116 Å². The molecule has 2 N–H and O–H groups in total. The number of thioether (sulfide) groups is 1. The Kier molecular flexibility index (Phi) is 4.86. The molecule has 2 rings (SSSR count). The molecule has 0 spiro atoms. The Bertz CT molecular complexity index is 394. The zero-order chi connectivity index (χ0) is 12.3. The number of hydrogen-bond acceptors (Lipinski definition) is 3. The van der Waals surface area contributed by atoms with Gasteiger partial charge in [-0.15, -0.1) is 0 Å². The predicted octanol–water partition coefficient (Wildman–Crippen LogP) is 3.54. The highest BCUT2D eigenvalue weighted by Crippen LogP contribution is 2.31. The van der Waals surface area contributed by atoms with Crippen molar-refractivity contribution in [3.05, 3.63) is 27.7 Å². The lowest BCUT2D eigenvalue weighted by Crippen LogP contribution is -2.22. The van der Waals surface area contributed by atoms with E-state index in [1.807, 2.05) is 11.8 Å². The molecule has 5 heteroatoms. The summed E-state index contributed by atoms with van der Waals surface area (Å²) in [5.74, 6) is 3.37. The fourth-order valence-electron chi connectivity index (χ4n) is 1.91. The van der Waals surface area contributed by atoms with Gasteiger partial charge in [-0.3, -0.25) is 0 Å². The van der Waals surface area contributed by atoms with Gasteiger partial charge in [0.1, 0.15) is 5.75 Å². The van der Waals surface area contributed by atoms with Crippen LogP contribution >= 0.6 is 35.0 Å². The molecule has 0 saturated carbocycles. The Hall–Kier alpha value is -0.0900. The average molecular weight is 292 g/mol. The van der Waals surface area contributed by atoms with E-state index in [4.69, 9.17) is 23.2 Å².